The highest BCUT2D eigenvalue weighted by Crippen LogP contribution is 2.24. The predicted octanol–water partition coefficient (Wildman–Crippen LogP) is 4.55. The van der Waals surface area contributed by atoms with Gasteiger partial charge in [0.05, 0.1) is 5.02 Å². The molecule has 2 heterocycles. The molecule has 2 aliphatic rings. The summed E-state index contributed by atoms with van der Waals surface area (Å²) in [5.74, 6) is -0.833. The number of carbonyl (C=O) groups is 2. The van der Waals surface area contributed by atoms with Crippen LogP contribution in [0.25, 0.3) is 0 Å². The van der Waals surface area contributed by atoms with Crippen molar-refractivity contribution < 1.29 is 18.4 Å². The van der Waals surface area contributed by atoms with Gasteiger partial charge in [0.1, 0.15) is 11.6 Å². The molecule has 2 aliphatic heterocycles. The highest BCUT2D eigenvalue weighted by Gasteiger charge is 2.36. The smallest absolute Gasteiger partial charge is 0.321 e. The molecule has 0 atom stereocenters. The van der Waals surface area contributed by atoms with Crippen molar-refractivity contribution in [2.24, 2.45) is 0 Å². The number of anilines is 1. The molecule has 0 bridgehead atoms. The molecule has 4 amide bonds. The number of hydrogen-bond acceptors (Lipinski definition) is 2. The lowest BCUT2D eigenvalue weighted by Gasteiger charge is -2.36. The highest BCUT2D eigenvalue weighted by atomic mass is 35.5. The largest absolute Gasteiger partial charge is 0.324 e. The first-order chi connectivity index (χ1) is 14.9. The first-order valence-corrected chi connectivity index (χ1v) is 10.6. The van der Waals surface area contributed by atoms with Gasteiger partial charge in [-0.25, -0.2) is 18.4 Å². The molecule has 0 aromatic heterocycles. The van der Waals surface area contributed by atoms with Crippen molar-refractivity contribution >= 4 is 29.4 Å². The summed E-state index contributed by atoms with van der Waals surface area (Å²) in [7, 11) is 0. The normalized spacial score (nSPS) is 17.4. The van der Waals surface area contributed by atoms with Crippen molar-refractivity contribution in [1.29, 1.82) is 0 Å². The third-order valence-corrected chi connectivity index (χ3v) is 6.07. The van der Waals surface area contributed by atoms with Crippen LogP contribution >= 0.6 is 11.6 Å². The maximum atomic E-state index is 13.3. The van der Waals surface area contributed by atoms with Gasteiger partial charge in [-0.3, -0.25) is 0 Å². The summed E-state index contributed by atoms with van der Waals surface area (Å²) in [4.78, 5) is 30.7. The van der Waals surface area contributed by atoms with Crippen LogP contribution in [-0.4, -0.2) is 59.0 Å². The summed E-state index contributed by atoms with van der Waals surface area (Å²) < 4.78 is 26.4. The molecular formula is C22H23ClF2N4O2. The number of nitrogens with zero attached hydrogens (tertiary/aromatic N) is 3. The number of nitrogens with one attached hydrogen (secondary N) is 1. The van der Waals surface area contributed by atoms with E-state index in [2.05, 4.69) is 5.32 Å². The maximum Gasteiger partial charge on any atom is 0.321 e. The van der Waals surface area contributed by atoms with Gasteiger partial charge < -0.3 is 20.0 Å². The quantitative estimate of drug-likeness (QED) is 0.745. The van der Waals surface area contributed by atoms with Crippen LogP contribution in [0, 0.1) is 11.6 Å². The van der Waals surface area contributed by atoms with E-state index in [1.54, 1.807) is 21.9 Å². The summed E-state index contributed by atoms with van der Waals surface area (Å²) in [6.07, 6.45) is 1.38. The monoisotopic (exact) mass is 448 g/mol. The summed E-state index contributed by atoms with van der Waals surface area (Å²) in [5, 5.41) is 2.68. The van der Waals surface area contributed by atoms with Gasteiger partial charge in [-0.05, 0) is 48.7 Å². The number of carbonyl (C=O) groups excluding carboxylic acids is 2. The second-order valence-corrected chi connectivity index (χ2v) is 8.21. The van der Waals surface area contributed by atoms with Gasteiger partial charge in [0.2, 0.25) is 0 Å². The van der Waals surface area contributed by atoms with Crippen LogP contribution in [0.5, 0.6) is 0 Å². The lowest BCUT2D eigenvalue weighted by atomic mass is 10.0. The molecular weight excluding hydrogens is 426 g/mol. The number of hydrogen-bond donors (Lipinski definition) is 1. The third-order valence-electron chi connectivity index (χ3n) is 5.78. The second-order valence-electron chi connectivity index (χ2n) is 7.80. The number of halogens is 3. The SMILES string of the molecule is O=C(Nc1ccc(F)c(Cl)c1)N1CCC(N2CCN(Cc3ccc(F)cc3)C2=O)CC1. The van der Waals surface area contributed by atoms with Crippen molar-refractivity contribution in [1.82, 2.24) is 14.7 Å². The molecule has 164 valence electrons. The van der Waals surface area contributed by atoms with Gasteiger partial charge in [-0.2, -0.15) is 0 Å². The van der Waals surface area contributed by atoms with Crippen molar-refractivity contribution in [3.8, 4) is 0 Å². The Morgan fingerprint density at radius 2 is 1.74 bits per heavy atom. The van der Waals surface area contributed by atoms with Crippen LogP contribution in [-0.2, 0) is 6.54 Å². The zero-order valence-corrected chi connectivity index (χ0v) is 17.6. The lowest BCUT2D eigenvalue weighted by Crippen LogP contribution is -2.49. The van der Waals surface area contributed by atoms with Crippen LogP contribution in [0.2, 0.25) is 5.02 Å². The molecule has 0 spiro atoms. The summed E-state index contributed by atoms with van der Waals surface area (Å²) in [5.41, 5.74) is 1.33. The Labute approximate surface area is 184 Å². The molecule has 0 aliphatic carbocycles. The van der Waals surface area contributed by atoms with Crippen LogP contribution in [0.3, 0.4) is 0 Å². The average molecular weight is 449 g/mol. The van der Waals surface area contributed by atoms with E-state index in [4.69, 9.17) is 11.6 Å². The highest BCUT2D eigenvalue weighted by molar-refractivity contribution is 6.31. The fraction of sp³-hybridized carbons (Fsp3) is 0.364. The van der Waals surface area contributed by atoms with Crippen molar-refractivity contribution in [3.05, 3.63) is 64.7 Å². The fourth-order valence-corrected chi connectivity index (χ4v) is 4.23. The molecule has 1 N–H and O–H groups in total. The Hall–Kier alpha value is -2.87. The molecule has 31 heavy (non-hydrogen) atoms. The van der Waals surface area contributed by atoms with Gasteiger partial charge in [0, 0.05) is 44.5 Å². The predicted molar refractivity (Wildman–Crippen MR) is 114 cm³/mol. The minimum absolute atomic E-state index is 0.0202. The number of amides is 4. The fourth-order valence-electron chi connectivity index (χ4n) is 4.05. The van der Waals surface area contributed by atoms with Gasteiger partial charge >= 0.3 is 12.1 Å². The standard InChI is InChI=1S/C22H23ClF2N4O2/c23-19-13-17(5-6-20(19)25)26-21(30)27-9-7-18(8-10-27)29-12-11-28(22(29)31)14-15-1-3-16(24)4-2-15/h1-6,13,18H,7-12,14H2,(H,26,30). The van der Waals surface area contributed by atoms with Crippen LogP contribution in [0.4, 0.5) is 24.1 Å². The van der Waals surface area contributed by atoms with Crippen molar-refractivity contribution in [2.45, 2.75) is 25.4 Å². The Kier molecular flexibility index (Phi) is 6.27. The van der Waals surface area contributed by atoms with Crippen molar-refractivity contribution in [2.75, 3.05) is 31.5 Å². The van der Waals surface area contributed by atoms with Gasteiger partial charge in [-0.1, -0.05) is 23.7 Å². The topological polar surface area (TPSA) is 55.9 Å². The van der Waals surface area contributed by atoms with E-state index in [1.165, 1.54) is 30.3 Å². The number of piperidine rings is 1. The molecule has 9 heteroatoms. The van der Waals surface area contributed by atoms with E-state index < -0.39 is 5.82 Å². The minimum Gasteiger partial charge on any atom is -0.324 e. The average Bonchev–Trinajstić information content (AvgIpc) is 3.12. The van der Waals surface area contributed by atoms with Crippen LogP contribution in [0.15, 0.2) is 42.5 Å². The van der Waals surface area contributed by atoms with E-state index in [0.717, 1.165) is 5.56 Å². The molecule has 0 saturated carbocycles. The molecule has 6 nitrogen and oxygen atoms in total. The molecule has 2 aromatic rings. The molecule has 4 rings (SSSR count). The number of urea groups is 2. The van der Waals surface area contributed by atoms with Crippen LogP contribution in [0.1, 0.15) is 18.4 Å². The van der Waals surface area contributed by atoms with E-state index in [0.29, 0.717) is 51.3 Å². The van der Waals surface area contributed by atoms with Gasteiger partial charge in [0.15, 0.2) is 0 Å². The summed E-state index contributed by atoms with van der Waals surface area (Å²) >= 11 is 5.76. The number of benzene rings is 2. The summed E-state index contributed by atoms with van der Waals surface area (Å²) in [6.45, 7) is 2.77. The Bertz CT molecular complexity index is 964. The Balaban J connectivity index is 1.28. The molecule has 0 unspecified atom stereocenters. The van der Waals surface area contributed by atoms with E-state index in [1.807, 2.05) is 4.90 Å². The number of likely N-dealkylation sites (tertiary alicyclic amines) is 1. The van der Waals surface area contributed by atoms with Crippen LogP contribution < -0.4 is 5.32 Å². The minimum atomic E-state index is -0.538. The molecule has 0 radical (unpaired) electrons. The lowest BCUT2D eigenvalue weighted by molar-refractivity contribution is 0.139. The maximum absolute atomic E-state index is 13.3. The molecule has 2 aromatic carbocycles. The van der Waals surface area contributed by atoms with Gasteiger partial charge in [0.25, 0.3) is 0 Å². The second kappa shape index (κ2) is 9.09. The first-order valence-electron chi connectivity index (χ1n) is 10.2. The number of rotatable bonds is 4. The van der Waals surface area contributed by atoms with Crippen molar-refractivity contribution in [3.63, 3.8) is 0 Å². The zero-order chi connectivity index (χ0) is 22.0. The molecule has 2 fully saturated rings. The zero-order valence-electron chi connectivity index (χ0n) is 16.9. The summed E-state index contributed by atoms with van der Waals surface area (Å²) in [6, 6.07) is 10.0. The Morgan fingerprint density at radius 3 is 2.42 bits per heavy atom. The Morgan fingerprint density at radius 1 is 1.03 bits per heavy atom. The molecule has 2 saturated heterocycles. The van der Waals surface area contributed by atoms with E-state index in [-0.39, 0.29) is 28.9 Å². The first kappa shape index (κ1) is 21.4. The van der Waals surface area contributed by atoms with Gasteiger partial charge in [-0.15, -0.1) is 0 Å². The van der Waals surface area contributed by atoms with E-state index in [9.17, 15) is 18.4 Å². The van der Waals surface area contributed by atoms with E-state index >= 15 is 0 Å². The third kappa shape index (κ3) is 4.90.